The lowest BCUT2D eigenvalue weighted by Crippen LogP contribution is -2.51. The van der Waals surface area contributed by atoms with E-state index in [0.29, 0.717) is 12.5 Å². The molecule has 3 heterocycles. The van der Waals surface area contributed by atoms with Gasteiger partial charge in [-0.15, -0.1) is 5.10 Å². The third kappa shape index (κ3) is 5.50. The van der Waals surface area contributed by atoms with Crippen LogP contribution in [0.4, 0.5) is 13.2 Å². The predicted octanol–water partition coefficient (Wildman–Crippen LogP) is 4.34. The summed E-state index contributed by atoms with van der Waals surface area (Å²) < 4.78 is 69.7. The van der Waals surface area contributed by atoms with Crippen molar-refractivity contribution in [1.82, 2.24) is 34.0 Å². The Bertz CT molecular complexity index is 1620. The van der Waals surface area contributed by atoms with Crippen LogP contribution in [0.25, 0.3) is 16.6 Å². The number of alkyl halides is 2. The summed E-state index contributed by atoms with van der Waals surface area (Å²) in [5, 5.41) is 12.9. The number of aromatic nitrogens is 5. The van der Waals surface area contributed by atoms with E-state index < -0.39 is 23.0 Å². The predicted molar refractivity (Wildman–Crippen MR) is 144 cm³/mol. The Morgan fingerprint density at radius 1 is 1.02 bits per heavy atom. The summed E-state index contributed by atoms with van der Waals surface area (Å²) in [6.07, 6.45) is -0.951. The molecule has 0 N–H and O–H groups in total. The van der Waals surface area contributed by atoms with Crippen LogP contribution in [0.15, 0.2) is 47.6 Å². The Morgan fingerprint density at radius 3 is 2.42 bits per heavy atom. The highest BCUT2D eigenvalue weighted by Gasteiger charge is 2.38. The summed E-state index contributed by atoms with van der Waals surface area (Å²) in [6.45, 7) is 8.61. The van der Waals surface area contributed by atoms with Crippen LogP contribution in [-0.2, 0) is 16.6 Å². The van der Waals surface area contributed by atoms with Gasteiger partial charge in [-0.2, -0.15) is 19.3 Å². The molecule has 0 saturated carbocycles. The van der Waals surface area contributed by atoms with E-state index in [9.17, 15) is 21.6 Å². The van der Waals surface area contributed by atoms with Crippen LogP contribution < -0.4 is 0 Å². The van der Waals surface area contributed by atoms with Crippen LogP contribution in [0.3, 0.4) is 0 Å². The lowest BCUT2D eigenvalue weighted by Gasteiger charge is -2.42. The lowest BCUT2D eigenvalue weighted by molar-refractivity contribution is 0.104. The number of hydrogen-bond donors (Lipinski definition) is 0. The van der Waals surface area contributed by atoms with Crippen molar-refractivity contribution >= 4 is 20.9 Å². The SMILES string of the molecule is Cc1cc2c(cnn2-c2ccc(F)cc2)cc1[C@H]1CN(S(=O)(=O)c2nn(CC(F)F)nc2C)CCN1CC(C)C. The third-order valence-electron chi connectivity index (χ3n) is 7.11. The average Bonchev–Trinajstić information content (AvgIpc) is 3.46. The molecule has 2 aromatic carbocycles. The third-order valence-corrected chi connectivity index (χ3v) is 8.98. The van der Waals surface area contributed by atoms with Gasteiger partial charge >= 0.3 is 0 Å². The van der Waals surface area contributed by atoms with Crippen LogP contribution in [0.1, 0.15) is 36.7 Å². The molecular formula is C27H32F3N7O2S. The van der Waals surface area contributed by atoms with Gasteiger partial charge in [-0.3, -0.25) is 4.90 Å². The quantitative estimate of drug-likeness (QED) is 0.311. The molecular weight excluding hydrogens is 543 g/mol. The summed E-state index contributed by atoms with van der Waals surface area (Å²) in [7, 11) is -4.07. The molecule has 1 fully saturated rings. The molecule has 1 aliphatic heterocycles. The summed E-state index contributed by atoms with van der Waals surface area (Å²) in [5.74, 6) is 0.0277. The van der Waals surface area contributed by atoms with Crippen LogP contribution in [-0.4, -0.2) is 75.0 Å². The molecule has 214 valence electrons. The molecule has 0 amide bonds. The van der Waals surface area contributed by atoms with Crippen molar-refractivity contribution in [3.63, 3.8) is 0 Å². The van der Waals surface area contributed by atoms with E-state index in [0.717, 1.165) is 39.1 Å². The first-order valence-corrected chi connectivity index (χ1v) is 14.6. The second-order valence-corrected chi connectivity index (χ2v) is 12.5. The first-order chi connectivity index (χ1) is 18.9. The number of aryl methyl sites for hydroxylation is 2. The number of sulfonamides is 1. The van der Waals surface area contributed by atoms with Crippen molar-refractivity contribution in [2.24, 2.45) is 5.92 Å². The van der Waals surface area contributed by atoms with Gasteiger partial charge in [-0.05, 0) is 67.3 Å². The van der Waals surface area contributed by atoms with E-state index in [1.54, 1.807) is 23.0 Å². The molecule has 0 spiro atoms. The summed E-state index contributed by atoms with van der Waals surface area (Å²) in [4.78, 5) is 3.03. The molecule has 40 heavy (non-hydrogen) atoms. The Morgan fingerprint density at radius 2 is 1.75 bits per heavy atom. The van der Waals surface area contributed by atoms with Gasteiger partial charge in [0.1, 0.15) is 18.1 Å². The number of halogens is 3. The van der Waals surface area contributed by atoms with Crippen LogP contribution in [0, 0.1) is 25.6 Å². The maximum Gasteiger partial charge on any atom is 0.264 e. The van der Waals surface area contributed by atoms with Gasteiger partial charge in [0.15, 0.2) is 0 Å². The molecule has 9 nitrogen and oxygen atoms in total. The van der Waals surface area contributed by atoms with Crippen molar-refractivity contribution in [1.29, 1.82) is 0 Å². The normalized spacial score (nSPS) is 17.5. The Labute approximate surface area is 231 Å². The van der Waals surface area contributed by atoms with Gasteiger partial charge in [0, 0.05) is 37.6 Å². The zero-order chi connectivity index (χ0) is 28.8. The van der Waals surface area contributed by atoms with E-state index in [2.05, 4.69) is 34.0 Å². The summed E-state index contributed by atoms with van der Waals surface area (Å²) in [5.41, 5.74) is 3.62. The largest absolute Gasteiger partial charge is 0.293 e. The zero-order valence-corrected chi connectivity index (χ0v) is 23.6. The van der Waals surface area contributed by atoms with Gasteiger partial charge in [-0.25, -0.2) is 26.3 Å². The lowest BCUT2D eigenvalue weighted by atomic mass is 9.96. The number of piperazine rings is 1. The fourth-order valence-electron chi connectivity index (χ4n) is 5.32. The smallest absolute Gasteiger partial charge is 0.264 e. The molecule has 2 aromatic heterocycles. The highest BCUT2D eigenvalue weighted by atomic mass is 32.2. The minimum absolute atomic E-state index is 0.0904. The maximum absolute atomic E-state index is 13.7. The number of rotatable bonds is 8. The van der Waals surface area contributed by atoms with Gasteiger partial charge in [0.05, 0.1) is 17.4 Å². The molecule has 0 aliphatic carbocycles. The Kier molecular flexibility index (Phi) is 7.73. The number of nitrogens with zero attached hydrogens (tertiary/aromatic N) is 7. The second-order valence-electron chi connectivity index (χ2n) is 10.6. The summed E-state index contributed by atoms with van der Waals surface area (Å²) >= 11 is 0. The van der Waals surface area contributed by atoms with Crippen molar-refractivity contribution < 1.29 is 21.6 Å². The molecule has 4 aromatic rings. The number of benzene rings is 2. The minimum Gasteiger partial charge on any atom is -0.293 e. The van der Waals surface area contributed by atoms with E-state index >= 15 is 0 Å². The fraction of sp³-hybridized carbons (Fsp3) is 0.444. The van der Waals surface area contributed by atoms with Gasteiger partial charge in [0.2, 0.25) is 5.03 Å². The Hall–Kier alpha value is -3.29. The van der Waals surface area contributed by atoms with E-state index in [4.69, 9.17) is 0 Å². The Balaban J connectivity index is 1.51. The molecule has 1 saturated heterocycles. The monoisotopic (exact) mass is 575 g/mol. The van der Waals surface area contributed by atoms with Crippen molar-refractivity contribution in [2.75, 3.05) is 26.2 Å². The molecule has 0 radical (unpaired) electrons. The average molecular weight is 576 g/mol. The van der Waals surface area contributed by atoms with E-state index in [-0.39, 0.29) is 35.7 Å². The second kappa shape index (κ2) is 10.9. The van der Waals surface area contributed by atoms with Crippen LogP contribution in [0.5, 0.6) is 0 Å². The summed E-state index contributed by atoms with van der Waals surface area (Å²) in [6, 6.07) is 9.91. The highest BCUT2D eigenvalue weighted by molar-refractivity contribution is 7.89. The molecule has 13 heteroatoms. The first kappa shape index (κ1) is 28.2. The van der Waals surface area contributed by atoms with E-state index in [1.807, 2.05) is 19.1 Å². The van der Waals surface area contributed by atoms with Crippen LogP contribution >= 0.6 is 0 Å². The van der Waals surface area contributed by atoms with Crippen molar-refractivity contribution in [3.05, 3.63) is 65.2 Å². The molecule has 0 unspecified atom stereocenters. The van der Waals surface area contributed by atoms with Gasteiger partial charge in [-0.1, -0.05) is 13.8 Å². The molecule has 1 atom stereocenters. The zero-order valence-electron chi connectivity index (χ0n) is 22.8. The fourth-order valence-corrected chi connectivity index (χ4v) is 6.84. The molecule has 0 bridgehead atoms. The minimum atomic E-state index is -4.07. The van der Waals surface area contributed by atoms with Crippen molar-refractivity contribution in [3.8, 4) is 5.69 Å². The van der Waals surface area contributed by atoms with Gasteiger partial charge < -0.3 is 0 Å². The molecule has 5 rings (SSSR count). The molecule has 1 aliphatic rings. The van der Waals surface area contributed by atoms with Crippen molar-refractivity contribution in [2.45, 2.75) is 51.7 Å². The maximum atomic E-state index is 13.7. The van der Waals surface area contributed by atoms with Crippen LogP contribution in [0.2, 0.25) is 0 Å². The topological polar surface area (TPSA) is 89.2 Å². The first-order valence-electron chi connectivity index (χ1n) is 13.1. The number of hydrogen-bond acceptors (Lipinski definition) is 6. The standard InChI is InChI=1S/C27H32F3N7O2S/c1-17(2)14-34-9-10-35(40(38,39)27-19(4)32-36(33-27)16-26(29)30)15-25(34)23-12-20-13-31-37(24(20)11-18(23)3)22-7-5-21(28)6-8-22/h5-8,11-13,17,25-26H,9-10,14-16H2,1-4H3/t25-/m1/s1. The van der Waals surface area contributed by atoms with E-state index in [1.165, 1.54) is 23.4 Å². The van der Waals surface area contributed by atoms with Gasteiger partial charge in [0.25, 0.3) is 16.4 Å². The number of fused-ring (bicyclic) bond motifs is 1. The highest BCUT2D eigenvalue weighted by Crippen LogP contribution is 2.34.